The quantitative estimate of drug-likeness (QED) is 0.805. The smallest absolute Gasteiger partial charge is 0.333 e. The van der Waals surface area contributed by atoms with E-state index in [1.807, 2.05) is 11.0 Å². The lowest BCUT2D eigenvalue weighted by atomic mass is 10.1. The highest BCUT2D eigenvalue weighted by Gasteiger charge is 2.22. The number of hydrogen-bond acceptors (Lipinski definition) is 5. The summed E-state index contributed by atoms with van der Waals surface area (Å²) in [6, 6.07) is 6.97. The predicted molar refractivity (Wildman–Crippen MR) is 101 cm³/mol. The Kier molecular flexibility index (Phi) is 5.54. The molecule has 1 aliphatic rings. The summed E-state index contributed by atoms with van der Waals surface area (Å²) in [4.78, 5) is 31.9. The van der Waals surface area contributed by atoms with Gasteiger partial charge in [-0.3, -0.25) is 18.9 Å². The van der Waals surface area contributed by atoms with Crippen molar-refractivity contribution in [3.63, 3.8) is 0 Å². The molecule has 0 aromatic carbocycles. The maximum atomic E-state index is 13.0. The van der Waals surface area contributed by atoms with Gasteiger partial charge in [-0.25, -0.2) is 4.79 Å². The molecule has 0 aliphatic carbocycles. The van der Waals surface area contributed by atoms with Crippen molar-refractivity contribution in [2.45, 2.75) is 38.9 Å². The monoisotopic (exact) mass is 353 g/mol. The van der Waals surface area contributed by atoms with Crippen molar-refractivity contribution in [3.8, 4) is 11.8 Å². The molecule has 26 heavy (non-hydrogen) atoms. The van der Waals surface area contributed by atoms with Crippen molar-refractivity contribution in [2.24, 2.45) is 5.73 Å². The van der Waals surface area contributed by atoms with Gasteiger partial charge in [0.1, 0.15) is 5.82 Å². The fraction of sp³-hybridized carbons (Fsp3) is 0.421. The summed E-state index contributed by atoms with van der Waals surface area (Å²) in [6.07, 6.45) is 3.53. The second kappa shape index (κ2) is 8.02. The number of hydrogen-bond donors (Lipinski definition) is 1. The average Bonchev–Trinajstić information content (AvgIpc) is 2.65. The molecule has 0 spiro atoms. The van der Waals surface area contributed by atoms with Gasteiger partial charge in [0.15, 0.2) is 0 Å². The molecule has 0 bridgehead atoms. The van der Waals surface area contributed by atoms with E-state index >= 15 is 0 Å². The van der Waals surface area contributed by atoms with Gasteiger partial charge in [0.05, 0.1) is 18.8 Å². The largest absolute Gasteiger partial charge is 0.356 e. The summed E-state index contributed by atoms with van der Waals surface area (Å²) in [5.74, 6) is 6.34. The predicted octanol–water partition coefficient (Wildman–Crippen LogP) is 0.404. The van der Waals surface area contributed by atoms with Crippen LogP contribution in [0.3, 0.4) is 0 Å². The Hall–Kier alpha value is -2.85. The molecule has 136 valence electrons. The first-order valence-corrected chi connectivity index (χ1v) is 8.75. The Balaban J connectivity index is 2.06. The van der Waals surface area contributed by atoms with Crippen molar-refractivity contribution in [1.29, 1.82) is 0 Å². The number of aromatic nitrogens is 3. The lowest BCUT2D eigenvalue weighted by Crippen LogP contribution is -2.48. The number of pyridine rings is 1. The SMILES string of the molecule is CC#CCn1c(N2CCC[C@@H](N)C2)cc(=O)n(Cc2ccccn2)c1=O. The highest BCUT2D eigenvalue weighted by Crippen LogP contribution is 2.17. The molecule has 0 amide bonds. The van der Waals surface area contributed by atoms with Crippen molar-refractivity contribution < 1.29 is 0 Å². The van der Waals surface area contributed by atoms with Crippen LogP contribution in [-0.4, -0.2) is 33.2 Å². The van der Waals surface area contributed by atoms with Crippen LogP contribution in [0.5, 0.6) is 0 Å². The molecule has 3 rings (SSSR count). The van der Waals surface area contributed by atoms with E-state index in [2.05, 4.69) is 16.8 Å². The van der Waals surface area contributed by atoms with Gasteiger partial charge in [0.2, 0.25) is 0 Å². The van der Waals surface area contributed by atoms with Gasteiger partial charge in [-0.15, -0.1) is 5.92 Å². The number of anilines is 1. The van der Waals surface area contributed by atoms with E-state index in [-0.39, 0.29) is 30.4 Å². The Bertz CT molecular complexity index is 936. The highest BCUT2D eigenvalue weighted by molar-refractivity contribution is 5.40. The minimum atomic E-state index is -0.375. The third kappa shape index (κ3) is 3.86. The van der Waals surface area contributed by atoms with E-state index in [1.54, 1.807) is 29.8 Å². The molecule has 2 aromatic rings. The van der Waals surface area contributed by atoms with E-state index in [0.29, 0.717) is 18.1 Å². The molecule has 1 fully saturated rings. The van der Waals surface area contributed by atoms with Crippen molar-refractivity contribution in [3.05, 3.63) is 57.0 Å². The zero-order chi connectivity index (χ0) is 18.5. The van der Waals surface area contributed by atoms with Crippen LogP contribution in [0.15, 0.2) is 40.1 Å². The fourth-order valence-electron chi connectivity index (χ4n) is 3.19. The molecule has 3 heterocycles. The van der Waals surface area contributed by atoms with Crippen molar-refractivity contribution >= 4 is 5.82 Å². The van der Waals surface area contributed by atoms with Crippen LogP contribution in [0.1, 0.15) is 25.5 Å². The number of piperidine rings is 1. The molecule has 7 nitrogen and oxygen atoms in total. The summed E-state index contributed by atoms with van der Waals surface area (Å²) < 4.78 is 2.76. The van der Waals surface area contributed by atoms with Gasteiger partial charge in [0, 0.05) is 31.4 Å². The molecule has 1 aliphatic heterocycles. The van der Waals surface area contributed by atoms with E-state index in [9.17, 15) is 9.59 Å². The minimum absolute atomic E-state index is 0.0421. The molecular weight excluding hydrogens is 330 g/mol. The van der Waals surface area contributed by atoms with Crippen LogP contribution in [0.25, 0.3) is 0 Å². The van der Waals surface area contributed by atoms with Crippen LogP contribution < -0.4 is 21.9 Å². The minimum Gasteiger partial charge on any atom is -0.356 e. The summed E-state index contributed by atoms with van der Waals surface area (Å²) >= 11 is 0. The maximum Gasteiger partial charge on any atom is 0.333 e. The van der Waals surface area contributed by atoms with Crippen LogP contribution in [-0.2, 0) is 13.1 Å². The first kappa shape index (κ1) is 18.0. The van der Waals surface area contributed by atoms with Crippen molar-refractivity contribution in [1.82, 2.24) is 14.1 Å². The summed E-state index contributed by atoms with van der Waals surface area (Å²) in [7, 11) is 0. The molecule has 0 unspecified atom stereocenters. The lowest BCUT2D eigenvalue weighted by molar-refractivity contribution is 0.491. The third-order valence-electron chi connectivity index (χ3n) is 4.50. The van der Waals surface area contributed by atoms with Crippen LogP contribution in [0.2, 0.25) is 0 Å². The van der Waals surface area contributed by atoms with E-state index in [1.165, 1.54) is 10.6 Å². The zero-order valence-electron chi connectivity index (χ0n) is 14.9. The molecule has 2 N–H and O–H groups in total. The van der Waals surface area contributed by atoms with Crippen LogP contribution >= 0.6 is 0 Å². The second-order valence-corrected chi connectivity index (χ2v) is 6.39. The zero-order valence-corrected chi connectivity index (χ0v) is 14.9. The van der Waals surface area contributed by atoms with Crippen LogP contribution in [0.4, 0.5) is 5.82 Å². The Morgan fingerprint density at radius 3 is 2.85 bits per heavy atom. The van der Waals surface area contributed by atoms with Crippen molar-refractivity contribution in [2.75, 3.05) is 18.0 Å². The van der Waals surface area contributed by atoms with Gasteiger partial charge in [-0.2, -0.15) is 0 Å². The first-order valence-electron chi connectivity index (χ1n) is 8.75. The Morgan fingerprint density at radius 2 is 2.15 bits per heavy atom. The number of nitrogens with zero attached hydrogens (tertiary/aromatic N) is 4. The van der Waals surface area contributed by atoms with Gasteiger partial charge in [-0.1, -0.05) is 12.0 Å². The second-order valence-electron chi connectivity index (χ2n) is 6.39. The molecule has 0 saturated carbocycles. The Morgan fingerprint density at radius 1 is 1.31 bits per heavy atom. The lowest BCUT2D eigenvalue weighted by Gasteiger charge is -2.33. The number of rotatable bonds is 4. The molecule has 1 atom stereocenters. The molecule has 1 saturated heterocycles. The molecule has 0 radical (unpaired) electrons. The van der Waals surface area contributed by atoms with E-state index < -0.39 is 0 Å². The number of nitrogens with two attached hydrogens (primary N) is 1. The molecule has 2 aromatic heterocycles. The molecule has 7 heteroatoms. The topological polar surface area (TPSA) is 86.2 Å². The molecular formula is C19H23N5O2. The highest BCUT2D eigenvalue weighted by atomic mass is 16.2. The normalized spacial score (nSPS) is 16.8. The first-order chi connectivity index (χ1) is 12.6. The van der Waals surface area contributed by atoms with E-state index in [0.717, 1.165) is 19.4 Å². The van der Waals surface area contributed by atoms with Gasteiger partial charge >= 0.3 is 5.69 Å². The van der Waals surface area contributed by atoms with Gasteiger partial charge < -0.3 is 10.6 Å². The standard InChI is InChI=1S/C19H23N5O2/c1-2-3-11-23-17(22-10-6-7-15(20)13-22)12-18(25)24(19(23)26)14-16-8-4-5-9-21-16/h4-5,8-9,12,15H,6-7,10-11,13-14,20H2,1H3/t15-/m1/s1. The van der Waals surface area contributed by atoms with E-state index in [4.69, 9.17) is 5.73 Å². The summed E-state index contributed by atoms with van der Waals surface area (Å²) in [5.41, 5.74) is 6.02. The summed E-state index contributed by atoms with van der Waals surface area (Å²) in [6.45, 7) is 3.50. The maximum absolute atomic E-state index is 13.0. The Labute approximate surface area is 152 Å². The third-order valence-corrected chi connectivity index (χ3v) is 4.50. The summed E-state index contributed by atoms with van der Waals surface area (Å²) in [5, 5.41) is 0. The average molecular weight is 353 g/mol. The van der Waals surface area contributed by atoms with Crippen LogP contribution in [0, 0.1) is 11.8 Å². The fourth-order valence-corrected chi connectivity index (χ4v) is 3.19. The van der Waals surface area contributed by atoms with Gasteiger partial charge in [-0.05, 0) is 31.9 Å². The van der Waals surface area contributed by atoms with Gasteiger partial charge in [0.25, 0.3) is 5.56 Å².